The van der Waals surface area contributed by atoms with E-state index in [9.17, 15) is 23.3 Å². The fourth-order valence-electron chi connectivity index (χ4n) is 2.53. The number of terminal acetylenes is 1. The number of hydrogen-bond acceptors (Lipinski definition) is 4. The lowest BCUT2D eigenvalue weighted by Crippen LogP contribution is -2.07. The Morgan fingerprint density at radius 2 is 1.89 bits per heavy atom. The molecule has 0 spiro atoms. The van der Waals surface area contributed by atoms with E-state index in [1.807, 2.05) is 0 Å². The lowest BCUT2D eigenvalue weighted by atomic mass is 10.2. The Kier molecular flexibility index (Phi) is 5.10. The molecule has 2 aromatic carbocycles. The molecule has 0 aliphatic carbocycles. The molecule has 144 valence electrons. The van der Waals surface area contributed by atoms with Crippen molar-refractivity contribution < 1.29 is 22.8 Å². The van der Waals surface area contributed by atoms with Crippen LogP contribution >= 0.6 is 23.2 Å². The second-order valence-electron chi connectivity index (χ2n) is 5.47. The normalized spacial score (nSPS) is 11.4. The summed E-state index contributed by atoms with van der Waals surface area (Å²) in [6, 6.07) is 3.94. The van der Waals surface area contributed by atoms with Gasteiger partial charge in [0.1, 0.15) is 12.3 Å². The van der Waals surface area contributed by atoms with Gasteiger partial charge in [0.15, 0.2) is 5.75 Å². The van der Waals surface area contributed by atoms with Crippen LogP contribution in [0.2, 0.25) is 10.0 Å². The summed E-state index contributed by atoms with van der Waals surface area (Å²) >= 11 is 12.1. The minimum Gasteiger partial charge on any atom is -0.474 e. The summed E-state index contributed by atoms with van der Waals surface area (Å²) in [5, 5.41) is 15.0. The van der Waals surface area contributed by atoms with Crippen LogP contribution in [-0.2, 0) is 6.18 Å². The summed E-state index contributed by atoms with van der Waals surface area (Å²) in [6.07, 6.45) is 1.78. The standard InChI is InChI=1S/C17H8Cl2F3N3O3/c1-2-3-28-15-7-13-9(4-14(15)25(26)27)8-23-24(13)16-11(18)5-10(6-12(16)19)17(20,21)22/h1,4-8H,3H2. The van der Waals surface area contributed by atoms with Crippen molar-refractivity contribution >= 4 is 39.8 Å². The predicted octanol–water partition coefficient (Wildman–Crippen LogP) is 5.27. The van der Waals surface area contributed by atoms with Gasteiger partial charge < -0.3 is 4.74 Å². The summed E-state index contributed by atoms with van der Waals surface area (Å²) in [5.41, 5.74) is -1.09. The number of rotatable bonds is 4. The molecule has 3 aromatic rings. The molecule has 0 saturated carbocycles. The molecule has 0 aliphatic heterocycles. The minimum atomic E-state index is -4.63. The van der Waals surface area contributed by atoms with E-state index < -0.39 is 16.7 Å². The van der Waals surface area contributed by atoms with Gasteiger partial charge in [-0.25, -0.2) is 4.68 Å². The van der Waals surface area contributed by atoms with Crippen molar-refractivity contribution in [2.24, 2.45) is 0 Å². The van der Waals surface area contributed by atoms with Crippen molar-refractivity contribution in [3.63, 3.8) is 0 Å². The van der Waals surface area contributed by atoms with Crippen LogP contribution in [0.1, 0.15) is 5.56 Å². The first-order valence-electron chi connectivity index (χ1n) is 7.42. The maximum Gasteiger partial charge on any atom is 0.416 e. The molecular formula is C17H8Cl2F3N3O3. The molecule has 0 amide bonds. The first-order chi connectivity index (χ1) is 13.1. The zero-order valence-electron chi connectivity index (χ0n) is 13.6. The molecule has 6 nitrogen and oxygen atoms in total. The molecule has 0 radical (unpaired) electrons. The number of halogens is 5. The number of benzene rings is 2. The van der Waals surface area contributed by atoms with Gasteiger partial charge in [-0.2, -0.15) is 18.3 Å². The second-order valence-corrected chi connectivity index (χ2v) is 6.29. The Hall–Kier alpha value is -2.96. The third kappa shape index (κ3) is 3.56. The molecule has 11 heteroatoms. The number of alkyl halides is 3. The van der Waals surface area contributed by atoms with E-state index in [2.05, 4.69) is 11.0 Å². The lowest BCUT2D eigenvalue weighted by molar-refractivity contribution is -0.385. The molecule has 0 saturated heterocycles. The van der Waals surface area contributed by atoms with Crippen molar-refractivity contribution in [1.29, 1.82) is 0 Å². The monoisotopic (exact) mass is 429 g/mol. The van der Waals surface area contributed by atoms with Crippen LogP contribution in [0.5, 0.6) is 5.75 Å². The first kappa shape index (κ1) is 19.8. The molecule has 28 heavy (non-hydrogen) atoms. The molecule has 0 bridgehead atoms. The quantitative estimate of drug-likeness (QED) is 0.321. The highest BCUT2D eigenvalue weighted by Gasteiger charge is 2.32. The van der Waals surface area contributed by atoms with Crippen LogP contribution in [0, 0.1) is 22.5 Å². The highest BCUT2D eigenvalue weighted by molar-refractivity contribution is 6.38. The second kappa shape index (κ2) is 7.22. The summed E-state index contributed by atoms with van der Waals surface area (Å²) in [5.74, 6) is 2.06. The number of nitro groups is 1. The predicted molar refractivity (Wildman–Crippen MR) is 97.1 cm³/mol. The molecule has 3 rings (SSSR count). The summed E-state index contributed by atoms with van der Waals surface area (Å²) in [4.78, 5) is 10.6. The molecule has 0 aliphatic rings. The Bertz CT molecular complexity index is 1110. The fraction of sp³-hybridized carbons (Fsp3) is 0.118. The van der Waals surface area contributed by atoms with E-state index in [-0.39, 0.29) is 39.3 Å². The van der Waals surface area contributed by atoms with Gasteiger partial charge >= 0.3 is 11.9 Å². The molecule has 1 heterocycles. The van der Waals surface area contributed by atoms with Gasteiger partial charge in [-0.05, 0) is 12.1 Å². The Morgan fingerprint density at radius 1 is 1.25 bits per heavy atom. The summed E-state index contributed by atoms with van der Waals surface area (Å²) in [7, 11) is 0. The average Bonchev–Trinajstić information content (AvgIpc) is 3.00. The third-order valence-corrected chi connectivity index (χ3v) is 4.29. The Labute approximate surface area is 165 Å². The largest absolute Gasteiger partial charge is 0.474 e. The van der Waals surface area contributed by atoms with Crippen LogP contribution in [0.3, 0.4) is 0 Å². The fourth-order valence-corrected chi connectivity index (χ4v) is 3.18. The van der Waals surface area contributed by atoms with Crippen molar-refractivity contribution in [3.8, 4) is 23.8 Å². The van der Waals surface area contributed by atoms with E-state index in [1.165, 1.54) is 23.0 Å². The van der Waals surface area contributed by atoms with Crippen LogP contribution in [0.15, 0.2) is 30.5 Å². The van der Waals surface area contributed by atoms with Crippen molar-refractivity contribution in [2.75, 3.05) is 6.61 Å². The van der Waals surface area contributed by atoms with Crippen molar-refractivity contribution in [2.45, 2.75) is 6.18 Å². The van der Waals surface area contributed by atoms with Gasteiger partial charge in [-0.15, -0.1) is 6.42 Å². The van der Waals surface area contributed by atoms with E-state index in [1.54, 1.807) is 0 Å². The van der Waals surface area contributed by atoms with Gasteiger partial charge in [0.05, 0.1) is 32.2 Å². The molecule has 0 N–H and O–H groups in total. The van der Waals surface area contributed by atoms with Crippen molar-refractivity contribution in [3.05, 3.63) is 56.2 Å². The highest BCUT2D eigenvalue weighted by Crippen LogP contribution is 2.39. The van der Waals surface area contributed by atoms with E-state index in [0.29, 0.717) is 5.39 Å². The summed E-state index contributed by atoms with van der Waals surface area (Å²) < 4.78 is 45.2. The van der Waals surface area contributed by atoms with E-state index >= 15 is 0 Å². The van der Waals surface area contributed by atoms with Gasteiger partial charge in [0, 0.05) is 17.5 Å². The number of ether oxygens (including phenoxy) is 1. The van der Waals surface area contributed by atoms with Crippen molar-refractivity contribution in [1.82, 2.24) is 9.78 Å². The number of aromatic nitrogens is 2. The lowest BCUT2D eigenvalue weighted by Gasteiger charge is -2.13. The van der Waals surface area contributed by atoms with E-state index in [0.717, 1.165) is 12.1 Å². The number of nitrogens with zero attached hydrogens (tertiary/aromatic N) is 3. The Morgan fingerprint density at radius 3 is 2.43 bits per heavy atom. The molecule has 0 unspecified atom stereocenters. The van der Waals surface area contributed by atoms with Gasteiger partial charge in [0.25, 0.3) is 0 Å². The molecule has 0 fully saturated rings. The van der Waals surface area contributed by atoms with Gasteiger partial charge in [0.2, 0.25) is 0 Å². The maximum absolute atomic E-state index is 12.9. The van der Waals surface area contributed by atoms with Crippen LogP contribution in [-0.4, -0.2) is 21.3 Å². The number of hydrogen-bond donors (Lipinski definition) is 0. The highest BCUT2D eigenvalue weighted by atomic mass is 35.5. The smallest absolute Gasteiger partial charge is 0.416 e. The number of nitro benzene ring substituents is 1. The number of fused-ring (bicyclic) bond motifs is 1. The topological polar surface area (TPSA) is 70.2 Å². The first-order valence-corrected chi connectivity index (χ1v) is 8.18. The Balaban J connectivity index is 2.22. The zero-order chi connectivity index (χ0) is 20.6. The van der Waals surface area contributed by atoms with Gasteiger partial charge in [-0.1, -0.05) is 29.1 Å². The SMILES string of the molecule is C#CCOc1cc2c(cnn2-c2c(Cl)cc(C(F)(F)F)cc2Cl)cc1[N+](=O)[O-]. The van der Waals surface area contributed by atoms with Crippen LogP contribution in [0.4, 0.5) is 18.9 Å². The minimum absolute atomic E-state index is 0.0110. The van der Waals surface area contributed by atoms with Crippen LogP contribution in [0.25, 0.3) is 16.6 Å². The maximum atomic E-state index is 12.9. The van der Waals surface area contributed by atoms with E-state index in [4.69, 9.17) is 34.4 Å². The molecule has 1 aromatic heterocycles. The zero-order valence-corrected chi connectivity index (χ0v) is 15.1. The average molecular weight is 430 g/mol. The summed E-state index contributed by atoms with van der Waals surface area (Å²) in [6.45, 7) is -0.220. The molecular weight excluding hydrogens is 422 g/mol. The van der Waals surface area contributed by atoms with Crippen LogP contribution < -0.4 is 4.74 Å². The molecule has 0 atom stereocenters. The van der Waals surface area contributed by atoms with Gasteiger partial charge in [-0.3, -0.25) is 10.1 Å². The third-order valence-electron chi connectivity index (χ3n) is 3.71.